The van der Waals surface area contributed by atoms with Crippen LogP contribution in [0.15, 0.2) is 4.52 Å². The summed E-state index contributed by atoms with van der Waals surface area (Å²) >= 11 is 0. The molecule has 0 aromatic rings. The summed E-state index contributed by atoms with van der Waals surface area (Å²) in [4.78, 5) is 0. The van der Waals surface area contributed by atoms with Crippen molar-refractivity contribution in [2.24, 2.45) is 4.52 Å². The van der Waals surface area contributed by atoms with Gasteiger partial charge >= 0.3 is 31.7 Å². The van der Waals surface area contributed by atoms with Gasteiger partial charge in [-0.2, -0.15) is 25.8 Å². The third-order valence-corrected chi connectivity index (χ3v) is 3.61. The Morgan fingerprint density at radius 1 is 1.25 bits per heavy atom. The highest BCUT2D eigenvalue weighted by Gasteiger charge is 2.40. The molecule has 0 bridgehead atoms. The second kappa shape index (κ2) is 6.91. The zero-order chi connectivity index (χ0) is 12.9. The van der Waals surface area contributed by atoms with Crippen LogP contribution in [0.3, 0.4) is 0 Å². The molecule has 0 rings (SSSR count). The molecule has 0 amide bonds. The van der Waals surface area contributed by atoms with E-state index in [2.05, 4.69) is 9.04 Å². The van der Waals surface area contributed by atoms with E-state index >= 15 is 0 Å². The first-order chi connectivity index (χ1) is 7.13. The van der Waals surface area contributed by atoms with E-state index in [1.54, 1.807) is 0 Å². The maximum absolute atomic E-state index is 12.3. The lowest BCUT2D eigenvalue weighted by atomic mass is 10.7. The van der Waals surface area contributed by atoms with E-state index in [0.29, 0.717) is 0 Å². The molecule has 0 saturated heterocycles. The number of hydrogen-bond donors (Lipinski definition) is 0. The molecule has 0 heterocycles. The monoisotopic (exact) mass is 315 g/mol. The maximum atomic E-state index is 12.3. The van der Waals surface area contributed by atoms with Gasteiger partial charge < -0.3 is 4.52 Å². The molecule has 0 saturated carbocycles. The zero-order valence-corrected chi connectivity index (χ0v) is 9.56. The first kappa shape index (κ1) is 16.3. The fourth-order valence-corrected chi connectivity index (χ4v) is 2.26. The molecular formula is C2H2F8N2OP3+. The van der Waals surface area contributed by atoms with Crippen molar-refractivity contribution in [1.82, 2.24) is 4.66 Å². The summed E-state index contributed by atoms with van der Waals surface area (Å²) in [5, 5.41) is 0. The van der Waals surface area contributed by atoms with Crippen molar-refractivity contribution >= 4 is 25.5 Å². The molecule has 3 nitrogen and oxygen atoms in total. The van der Waals surface area contributed by atoms with Gasteiger partial charge in [0, 0.05) is 4.52 Å². The largest absolute Gasteiger partial charge is 0.577 e. The smallest absolute Gasteiger partial charge is 0.301 e. The topological polar surface area (TPSA) is 24.8 Å². The summed E-state index contributed by atoms with van der Waals surface area (Å²) in [6.07, 6.45) is -4.87. The molecule has 0 spiro atoms. The Bertz CT molecular complexity index is 246. The summed E-state index contributed by atoms with van der Waals surface area (Å²) in [5.74, 6) is 0. The Kier molecular flexibility index (Phi) is 7.05. The summed E-state index contributed by atoms with van der Waals surface area (Å²) in [5.41, 5.74) is 0. The van der Waals surface area contributed by atoms with E-state index in [9.17, 15) is 34.4 Å². The third kappa shape index (κ3) is 7.57. The lowest BCUT2D eigenvalue weighted by molar-refractivity contribution is -0.152. The van der Waals surface area contributed by atoms with E-state index in [0.717, 1.165) is 0 Å². The molecule has 0 aliphatic heterocycles. The Labute approximate surface area is 87.4 Å². The zero-order valence-electron chi connectivity index (χ0n) is 6.88. The lowest BCUT2D eigenvalue weighted by Crippen LogP contribution is -2.14. The predicted molar refractivity (Wildman–Crippen MR) is 42.6 cm³/mol. The van der Waals surface area contributed by atoms with Gasteiger partial charge in [0.2, 0.25) is 0 Å². The van der Waals surface area contributed by atoms with Crippen molar-refractivity contribution in [2.45, 2.75) is 6.18 Å². The van der Waals surface area contributed by atoms with Crippen molar-refractivity contribution in [3.05, 3.63) is 0 Å². The van der Waals surface area contributed by atoms with Crippen LogP contribution in [0, 0.1) is 0 Å². The van der Waals surface area contributed by atoms with Crippen LogP contribution in [-0.2, 0) is 4.52 Å². The Morgan fingerprint density at radius 3 is 2.12 bits per heavy atom. The molecule has 0 fully saturated rings. The second-order valence-electron chi connectivity index (χ2n) is 1.90. The second-order valence-corrected chi connectivity index (χ2v) is 5.26. The van der Waals surface area contributed by atoms with Crippen LogP contribution in [0.25, 0.3) is 0 Å². The fraction of sp³-hybridized carbons (Fsp3) is 1.00. The van der Waals surface area contributed by atoms with Gasteiger partial charge in [-0.15, -0.1) is 0 Å². The molecular weight excluding hydrogens is 313 g/mol. The van der Waals surface area contributed by atoms with Gasteiger partial charge in [-0.25, -0.2) is 0 Å². The molecule has 0 aliphatic carbocycles. The summed E-state index contributed by atoms with van der Waals surface area (Å²) in [6, 6.07) is 0. The van der Waals surface area contributed by atoms with E-state index in [4.69, 9.17) is 0 Å². The molecule has 0 radical (unpaired) electrons. The minimum atomic E-state index is -4.87. The van der Waals surface area contributed by atoms with Crippen molar-refractivity contribution in [3.63, 3.8) is 0 Å². The minimum absolute atomic E-state index is 1.64. The van der Waals surface area contributed by atoms with Crippen molar-refractivity contribution in [2.75, 3.05) is 6.61 Å². The number of halogens is 8. The van der Waals surface area contributed by atoms with E-state index in [1.807, 2.05) is 0 Å². The average molecular weight is 315 g/mol. The highest BCUT2D eigenvalue weighted by atomic mass is 31.2. The van der Waals surface area contributed by atoms with Gasteiger partial charge in [-0.3, -0.25) is 0 Å². The first-order valence-electron chi connectivity index (χ1n) is 3.04. The van der Waals surface area contributed by atoms with Crippen LogP contribution >= 0.6 is 25.5 Å². The number of hydrogen-bond acceptors (Lipinski definition) is 2. The molecule has 96 valence electrons. The SMILES string of the molecule is FN(P(F)F)[P+](F)=NP(F)OCC(F)(F)F. The Hall–Kier alpha value is 0.320. The van der Waals surface area contributed by atoms with Crippen LogP contribution in [0.1, 0.15) is 0 Å². The van der Waals surface area contributed by atoms with Gasteiger partial charge in [0.1, 0.15) is 0 Å². The predicted octanol–water partition coefficient (Wildman–Crippen LogP) is 5.58. The fourth-order valence-electron chi connectivity index (χ4n) is 0.299. The van der Waals surface area contributed by atoms with Crippen molar-refractivity contribution < 1.29 is 39.0 Å². The highest BCUT2D eigenvalue weighted by Crippen LogP contribution is 2.59. The van der Waals surface area contributed by atoms with E-state index in [-0.39, 0.29) is 0 Å². The highest BCUT2D eigenvalue weighted by molar-refractivity contribution is 7.61. The molecule has 2 atom stereocenters. The summed E-state index contributed by atoms with van der Waals surface area (Å²) < 4.78 is 97.7. The summed E-state index contributed by atoms with van der Waals surface area (Å²) in [7, 11) is -12.3. The Balaban J connectivity index is 4.21. The van der Waals surface area contributed by atoms with Crippen LogP contribution < -0.4 is 0 Å². The van der Waals surface area contributed by atoms with Crippen LogP contribution in [0.5, 0.6) is 0 Å². The molecule has 0 aliphatic rings. The summed E-state index contributed by atoms with van der Waals surface area (Å²) in [6.45, 7) is -2.06. The van der Waals surface area contributed by atoms with Gasteiger partial charge in [0.15, 0.2) is 11.3 Å². The van der Waals surface area contributed by atoms with E-state index in [1.165, 1.54) is 0 Å². The van der Waals surface area contributed by atoms with Gasteiger partial charge in [0.05, 0.1) is 4.20 Å². The normalized spacial score (nSPS) is 16.0. The maximum Gasteiger partial charge on any atom is 0.577 e. The number of alkyl halides is 3. The van der Waals surface area contributed by atoms with E-state index < -0.39 is 42.9 Å². The molecule has 14 heteroatoms. The minimum Gasteiger partial charge on any atom is -0.301 e. The van der Waals surface area contributed by atoms with Crippen LogP contribution in [-0.4, -0.2) is 17.4 Å². The third-order valence-electron chi connectivity index (χ3n) is 0.740. The Morgan fingerprint density at radius 2 is 1.75 bits per heavy atom. The molecule has 0 aromatic carbocycles. The van der Waals surface area contributed by atoms with Gasteiger partial charge in [-0.1, -0.05) is 4.48 Å². The quantitative estimate of drug-likeness (QED) is 0.376. The molecule has 0 aromatic heterocycles. The lowest BCUT2D eigenvalue weighted by Gasteiger charge is -2.04. The average Bonchev–Trinajstić information content (AvgIpc) is 2.12. The number of nitrogens with zero attached hydrogens (tertiary/aromatic N) is 2. The number of rotatable bonds is 5. The molecule has 2 unspecified atom stereocenters. The molecule has 0 N–H and O–H groups in total. The standard InChI is InChI=1S/C2H2F8N2OP3/c3-2(4,5)1-13-16(10)11-15(9)12(6)14(7)8/h1H2/q+1. The van der Waals surface area contributed by atoms with Crippen LogP contribution in [0.4, 0.5) is 34.4 Å². The molecule has 16 heavy (non-hydrogen) atoms. The first-order valence-corrected chi connectivity index (χ1v) is 6.35. The van der Waals surface area contributed by atoms with Crippen molar-refractivity contribution in [3.8, 4) is 0 Å². The van der Waals surface area contributed by atoms with Crippen LogP contribution in [0.2, 0.25) is 0 Å². The van der Waals surface area contributed by atoms with Crippen molar-refractivity contribution in [1.29, 1.82) is 0 Å². The van der Waals surface area contributed by atoms with Gasteiger partial charge in [-0.05, 0) is 0 Å². The van der Waals surface area contributed by atoms with Gasteiger partial charge in [0.25, 0.3) is 0 Å².